The Labute approximate surface area is 80.5 Å². The van der Waals surface area contributed by atoms with Gasteiger partial charge in [-0.25, -0.2) is 4.79 Å². The predicted molar refractivity (Wildman–Crippen MR) is 47.3 cm³/mol. The van der Waals surface area contributed by atoms with Gasteiger partial charge in [0.05, 0.1) is 0 Å². The number of hydrogen-bond donors (Lipinski definition) is 2. The summed E-state index contributed by atoms with van der Waals surface area (Å²) in [6.07, 6.45) is 4.38. The lowest BCUT2D eigenvalue weighted by molar-refractivity contribution is -0.121. The zero-order valence-electron chi connectivity index (χ0n) is 7.45. The van der Waals surface area contributed by atoms with E-state index in [1.807, 2.05) is 0 Å². The Hall–Kier alpha value is -1.65. The lowest BCUT2D eigenvalue weighted by atomic mass is 9.97. The van der Waals surface area contributed by atoms with Crippen molar-refractivity contribution in [3.05, 3.63) is 12.2 Å². The summed E-state index contributed by atoms with van der Waals surface area (Å²) in [6.45, 7) is 0. The number of urea groups is 1. The van der Waals surface area contributed by atoms with Gasteiger partial charge in [-0.2, -0.15) is 0 Å². The number of carbonyl (C=O) groups excluding carboxylic acids is 3. The van der Waals surface area contributed by atoms with E-state index in [1.54, 1.807) is 6.08 Å². The van der Waals surface area contributed by atoms with Gasteiger partial charge in [-0.3, -0.25) is 14.9 Å². The van der Waals surface area contributed by atoms with Crippen LogP contribution in [-0.2, 0) is 9.59 Å². The monoisotopic (exact) mass is 194 g/mol. The van der Waals surface area contributed by atoms with Gasteiger partial charge in [-0.1, -0.05) is 6.08 Å². The molecule has 0 bridgehead atoms. The van der Waals surface area contributed by atoms with Crippen LogP contribution in [0.15, 0.2) is 12.2 Å². The topological polar surface area (TPSA) is 75.3 Å². The molecule has 1 aliphatic carbocycles. The van der Waals surface area contributed by atoms with Crippen LogP contribution in [0.25, 0.3) is 0 Å². The van der Waals surface area contributed by atoms with Crippen molar-refractivity contribution < 1.29 is 14.4 Å². The molecule has 0 aromatic carbocycles. The Kier molecular flexibility index (Phi) is 2.07. The first-order valence-corrected chi connectivity index (χ1v) is 4.48. The van der Waals surface area contributed by atoms with Gasteiger partial charge in [0.25, 0.3) is 5.91 Å². The molecule has 0 spiro atoms. The predicted octanol–water partition coefficient (Wildman–Crippen LogP) is -0.270. The van der Waals surface area contributed by atoms with E-state index in [9.17, 15) is 14.4 Å². The third-order valence-electron chi connectivity index (χ3n) is 2.48. The number of hydrogen-bond acceptors (Lipinski definition) is 3. The van der Waals surface area contributed by atoms with Crippen molar-refractivity contribution in [3.8, 4) is 0 Å². The molecule has 0 radical (unpaired) electrons. The number of ketones is 1. The maximum absolute atomic E-state index is 11.2. The first kappa shape index (κ1) is 8.93. The number of carbonyl (C=O) groups is 3. The quantitative estimate of drug-likeness (QED) is 0.594. The minimum absolute atomic E-state index is 0.0407. The highest BCUT2D eigenvalue weighted by Gasteiger charge is 2.33. The fourth-order valence-electron chi connectivity index (χ4n) is 1.72. The van der Waals surface area contributed by atoms with Gasteiger partial charge in [0, 0.05) is 5.92 Å². The lowest BCUT2D eigenvalue weighted by Gasteiger charge is -2.11. The van der Waals surface area contributed by atoms with E-state index in [-0.39, 0.29) is 17.6 Å². The molecule has 1 saturated heterocycles. The lowest BCUT2D eigenvalue weighted by Crippen LogP contribution is -2.32. The van der Waals surface area contributed by atoms with Gasteiger partial charge in [-0.05, 0) is 18.9 Å². The molecule has 2 unspecified atom stereocenters. The van der Waals surface area contributed by atoms with Crippen molar-refractivity contribution >= 4 is 17.7 Å². The van der Waals surface area contributed by atoms with E-state index in [4.69, 9.17) is 0 Å². The molecule has 74 valence electrons. The Morgan fingerprint density at radius 1 is 1.36 bits per heavy atom. The first-order valence-electron chi connectivity index (χ1n) is 4.48. The van der Waals surface area contributed by atoms with Crippen molar-refractivity contribution in [2.45, 2.75) is 18.9 Å². The fraction of sp³-hybridized carbons (Fsp3) is 0.444. The molecule has 2 N–H and O–H groups in total. The molecule has 2 aliphatic rings. The molecule has 2 atom stereocenters. The summed E-state index contributed by atoms with van der Waals surface area (Å²) >= 11 is 0. The number of amides is 3. The van der Waals surface area contributed by atoms with Gasteiger partial charge in [0.15, 0.2) is 5.78 Å². The summed E-state index contributed by atoms with van der Waals surface area (Å²) in [7, 11) is 0. The minimum Gasteiger partial charge on any atom is -0.326 e. The van der Waals surface area contributed by atoms with Gasteiger partial charge in [-0.15, -0.1) is 0 Å². The summed E-state index contributed by atoms with van der Waals surface area (Å²) in [5.41, 5.74) is 0. The molecule has 2 rings (SSSR count). The second-order valence-corrected chi connectivity index (χ2v) is 3.49. The second-order valence-electron chi connectivity index (χ2n) is 3.49. The van der Waals surface area contributed by atoms with Gasteiger partial charge in [0.2, 0.25) is 0 Å². The number of rotatable bonds is 2. The Morgan fingerprint density at radius 3 is 2.64 bits per heavy atom. The Bertz CT molecular complexity index is 335. The van der Waals surface area contributed by atoms with Crippen molar-refractivity contribution in [1.29, 1.82) is 0 Å². The van der Waals surface area contributed by atoms with Crippen LogP contribution < -0.4 is 10.6 Å². The maximum atomic E-state index is 11.2. The summed E-state index contributed by atoms with van der Waals surface area (Å²) in [5.74, 6) is -0.446. The molecule has 1 fully saturated rings. The average Bonchev–Trinajstić information content (AvgIpc) is 2.62. The molecule has 0 saturated carbocycles. The van der Waals surface area contributed by atoms with E-state index in [0.29, 0.717) is 12.8 Å². The van der Waals surface area contributed by atoms with E-state index >= 15 is 0 Å². The molecule has 5 heteroatoms. The number of imide groups is 1. The standard InChI is InChI=1S/C9H10N2O3/c12-7-3-1-2-5(7)4-6-8(13)11-9(14)10-6/h1,3,5-6H,2,4H2,(H2,10,11,13,14). The van der Waals surface area contributed by atoms with Gasteiger partial charge >= 0.3 is 6.03 Å². The molecule has 0 aromatic rings. The Morgan fingerprint density at radius 2 is 2.14 bits per heavy atom. The van der Waals surface area contributed by atoms with Crippen molar-refractivity contribution in [1.82, 2.24) is 10.6 Å². The molecule has 0 aromatic heterocycles. The minimum atomic E-state index is -0.545. The average molecular weight is 194 g/mol. The highest BCUT2D eigenvalue weighted by molar-refractivity contribution is 6.04. The first-order chi connectivity index (χ1) is 6.66. The van der Waals surface area contributed by atoms with E-state index in [2.05, 4.69) is 10.6 Å². The maximum Gasteiger partial charge on any atom is 0.322 e. The molecular formula is C9H10N2O3. The van der Waals surface area contributed by atoms with E-state index in [1.165, 1.54) is 6.08 Å². The van der Waals surface area contributed by atoms with Crippen LogP contribution in [0.5, 0.6) is 0 Å². The summed E-state index contributed by atoms with van der Waals surface area (Å²) < 4.78 is 0. The molecule has 5 nitrogen and oxygen atoms in total. The summed E-state index contributed by atoms with van der Waals surface area (Å²) in [5, 5.41) is 4.61. The third kappa shape index (κ3) is 1.53. The van der Waals surface area contributed by atoms with Crippen molar-refractivity contribution in [3.63, 3.8) is 0 Å². The highest BCUT2D eigenvalue weighted by atomic mass is 16.2. The highest BCUT2D eigenvalue weighted by Crippen LogP contribution is 2.20. The summed E-state index contributed by atoms with van der Waals surface area (Å²) in [6, 6.07) is -1.02. The molecular weight excluding hydrogens is 184 g/mol. The third-order valence-corrected chi connectivity index (χ3v) is 2.48. The van der Waals surface area contributed by atoms with Crippen LogP contribution in [0.2, 0.25) is 0 Å². The zero-order valence-corrected chi connectivity index (χ0v) is 7.45. The normalized spacial score (nSPS) is 30.7. The van der Waals surface area contributed by atoms with Crippen LogP contribution in [0.1, 0.15) is 12.8 Å². The number of allylic oxidation sites excluding steroid dienone is 2. The fourth-order valence-corrected chi connectivity index (χ4v) is 1.72. The van der Waals surface area contributed by atoms with Crippen molar-refractivity contribution in [2.24, 2.45) is 5.92 Å². The Balaban J connectivity index is 1.95. The largest absolute Gasteiger partial charge is 0.326 e. The molecule has 1 heterocycles. The second kappa shape index (κ2) is 3.25. The molecule has 14 heavy (non-hydrogen) atoms. The van der Waals surface area contributed by atoms with E-state index < -0.39 is 12.1 Å². The molecule has 1 aliphatic heterocycles. The van der Waals surface area contributed by atoms with E-state index in [0.717, 1.165) is 0 Å². The van der Waals surface area contributed by atoms with Gasteiger partial charge < -0.3 is 5.32 Å². The molecule has 3 amide bonds. The zero-order chi connectivity index (χ0) is 10.1. The van der Waals surface area contributed by atoms with Crippen LogP contribution in [0.4, 0.5) is 4.79 Å². The van der Waals surface area contributed by atoms with Crippen LogP contribution in [0, 0.1) is 5.92 Å². The van der Waals surface area contributed by atoms with Crippen LogP contribution in [-0.4, -0.2) is 23.8 Å². The van der Waals surface area contributed by atoms with Crippen LogP contribution >= 0.6 is 0 Å². The van der Waals surface area contributed by atoms with Crippen molar-refractivity contribution in [2.75, 3.05) is 0 Å². The summed E-state index contributed by atoms with van der Waals surface area (Å²) in [4.78, 5) is 33.1. The smallest absolute Gasteiger partial charge is 0.322 e. The SMILES string of the molecule is O=C1NC(=O)C(CC2CC=CC2=O)N1. The number of nitrogens with one attached hydrogen (secondary N) is 2. The van der Waals surface area contributed by atoms with Gasteiger partial charge in [0.1, 0.15) is 6.04 Å². The van der Waals surface area contributed by atoms with Crippen LogP contribution in [0.3, 0.4) is 0 Å².